The second kappa shape index (κ2) is 7.49. The molecule has 2 nitrogen and oxygen atoms in total. The summed E-state index contributed by atoms with van der Waals surface area (Å²) in [6.45, 7) is 6.53. The number of hydrogen-bond acceptors (Lipinski definition) is 2. The Hall–Kier alpha value is -2.49. The summed E-state index contributed by atoms with van der Waals surface area (Å²) in [7, 11) is -1.94. The molecule has 0 saturated carbocycles. The number of ketones is 1. The van der Waals surface area contributed by atoms with Gasteiger partial charge in [-0.25, -0.2) is 0 Å². The highest BCUT2D eigenvalue weighted by Gasteiger charge is 2.35. The molecule has 1 aliphatic rings. The number of fused-ring (bicyclic) bond motifs is 1. The molecule has 0 saturated heterocycles. The average Bonchev–Trinajstić information content (AvgIpc) is 3.02. The summed E-state index contributed by atoms with van der Waals surface area (Å²) >= 11 is 0. The first-order valence-electron chi connectivity index (χ1n) is 9.86. The Morgan fingerprint density at radius 2 is 1.43 bits per heavy atom. The SMILES string of the molecule is CC(C)(C)c1ccc2c(c1)C(=O)C(O[SiH](c1ccccc1)c1ccccc1)C2. The van der Waals surface area contributed by atoms with Crippen LogP contribution in [0.2, 0.25) is 0 Å². The van der Waals surface area contributed by atoms with Crippen molar-refractivity contribution in [3.63, 3.8) is 0 Å². The van der Waals surface area contributed by atoms with E-state index in [-0.39, 0.29) is 17.3 Å². The molecule has 1 atom stereocenters. The topological polar surface area (TPSA) is 26.3 Å². The average molecular weight is 387 g/mol. The first-order chi connectivity index (χ1) is 13.4. The molecule has 0 heterocycles. The fraction of sp³-hybridized carbons (Fsp3) is 0.240. The van der Waals surface area contributed by atoms with E-state index in [9.17, 15) is 4.79 Å². The summed E-state index contributed by atoms with van der Waals surface area (Å²) in [6.07, 6.45) is 0.282. The van der Waals surface area contributed by atoms with Gasteiger partial charge in [-0.1, -0.05) is 93.6 Å². The summed E-state index contributed by atoms with van der Waals surface area (Å²) in [5, 5.41) is 2.40. The molecule has 0 bridgehead atoms. The minimum Gasteiger partial charge on any atom is -0.400 e. The molecular weight excluding hydrogens is 360 g/mol. The van der Waals surface area contributed by atoms with Gasteiger partial charge in [-0.2, -0.15) is 0 Å². The summed E-state index contributed by atoms with van der Waals surface area (Å²) in [5.41, 5.74) is 3.17. The van der Waals surface area contributed by atoms with Crippen molar-refractivity contribution >= 4 is 25.2 Å². The first-order valence-corrected chi connectivity index (χ1v) is 11.5. The van der Waals surface area contributed by atoms with Crippen LogP contribution in [0, 0.1) is 0 Å². The largest absolute Gasteiger partial charge is 0.400 e. The third-order valence-corrected chi connectivity index (χ3v) is 8.03. The molecule has 0 radical (unpaired) electrons. The summed E-state index contributed by atoms with van der Waals surface area (Å²) in [5.74, 6) is 0.130. The van der Waals surface area contributed by atoms with Crippen molar-refractivity contribution < 1.29 is 9.22 Å². The molecule has 3 aromatic carbocycles. The highest BCUT2D eigenvalue weighted by Crippen LogP contribution is 2.30. The summed E-state index contributed by atoms with van der Waals surface area (Å²) < 4.78 is 6.59. The molecule has 3 heteroatoms. The fourth-order valence-electron chi connectivity index (χ4n) is 3.80. The van der Waals surface area contributed by atoms with Crippen LogP contribution in [-0.4, -0.2) is 20.9 Å². The molecule has 1 unspecified atom stereocenters. The number of carbonyl (C=O) groups is 1. The molecule has 1 aliphatic carbocycles. The Kier molecular flexibility index (Phi) is 5.05. The predicted octanol–water partition coefficient (Wildman–Crippen LogP) is 3.65. The maximum Gasteiger partial charge on any atom is 0.240 e. The number of carbonyl (C=O) groups excluding carboxylic acids is 1. The van der Waals surface area contributed by atoms with Crippen LogP contribution in [0.1, 0.15) is 42.3 Å². The van der Waals surface area contributed by atoms with E-state index in [1.54, 1.807) is 0 Å². The van der Waals surface area contributed by atoms with Crippen LogP contribution in [0.5, 0.6) is 0 Å². The van der Waals surface area contributed by atoms with E-state index < -0.39 is 9.04 Å². The van der Waals surface area contributed by atoms with Gasteiger partial charge in [-0.3, -0.25) is 4.79 Å². The van der Waals surface area contributed by atoms with E-state index in [4.69, 9.17) is 4.43 Å². The molecule has 0 aliphatic heterocycles. The minimum atomic E-state index is -1.94. The number of hydrogen-bond donors (Lipinski definition) is 0. The lowest BCUT2D eigenvalue weighted by atomic mass is 9.85. The molecule has 28 heavy (non-hydrogen) atoms. The second-order valence-electron chi connectivity index (χ2n) is 8.52. The van der Waals surface area contributed by atoms with Crippen molar-refractivity contribution in [1.29, 1.82) is 0 Å². The van der Waals surface area contributed by atoms with Gasteiger partial charge in [-0.15, -0.1) is 0 Å². The Bertz CT molecular complexity index is 935. The maximum absolute atomic E-state index is 13.2. The Labute approximate surface area is 168 Å². The standard InChI is InChI=1S/C25H26O2Si/c1-25(2,3)19-15-14-18-16-23(24(26)22(18)17-19)27-28(20-10-6-4-7-11-20)21-12-8-5-9-13-21/h4-15,17,23,28H,16H2,1-3H3. The quantitative estimate of drug-likeness (QED) is 0.640. The van der Waals surface area contributed by atoms with Gasteiger partial charge in [0.1, 0.15) is 6.10 Å². The maximum atomic E-state index is 13.2. The highest BCUT2D eigenvalue weighted by molar-refractivity contribution is 6.80. The molecule has 4 rings (SSSR count). The van der Waals surface area contributed by atoms with Gasteiger partial charge in [0.2, 0.25) is 9.04 Å². The molecule has 0 amide bonds. The van der Waals surface area contributed by atoms with Crippen molar-refractivity contribution in [3.05, 3.63) is 95.6 Å². The van der Waals surface area contributed by atoms with Crippen LogP contribution in [0.15, 0.2) is 78.9 Å². The van der Waals surface area contributed by atoms with Crippen LogP contribution >= 0.6 is 0 Å². The van der Waals surface area contributed by atoms with Crippen LogP contribution < -0.4 is 10.4 Å². The zero-order valence-electron chi connectivity index (χ0n) is 16.7. The molecular formula is C25H26O2Si. The van der Waals surface area contributed by atoms with Gasteiger partial charge < -0.3 is 4.43 Å². The van der Waals surface area contributed by atoms with E-state index in [1.165, 1.54) is 15.9 Å². The lowest BCUT2D eigenvalue weighted by molar-refractivity contribution is 0.0825. The predicted molar refractivity (Wildman–Crippen MR) is 117 cm³/mol. The van der Waals surface area contributed by atoms with Crippen molar-refractivity contribution in [2.75, 3.05) is 0 Å². The van der Waals surface area contributed by atoms with E-state index in [1.807, 2.05) is 36.4 Å². The monoisotopic (exact) mass is 386 g/mol. The van der Waals surface area contributed by atoms with Crippen LogP contribution in [0.4, 0.5) is 0 Å². The lowest BCUT2D eigenvalue weighted by Crippen LogP contribution is -2.48. The molecule has 0 fully saturated rings. The van der Waals surface area contributed by atoms with Gasteiger partial charge in [0.15, 0.2) is 5.78 Å². The second-order valence-corrected chi connectivity index (χ2v) is 10.9. The number of Topliss-reactive ketones (excluding diaryl/α,β-unsaturated/α-hetero) is 1. The van der Waals surface area contributed by atoms with Crippen molar-refractivity contribution in [3.8, 4) is 0 Å². The van der Waals surface area contributed by atoms with E-state index in [2.05, 4.69) is 63.2 Å². The van der Waals surface area contributed by atoms with Crippen molar-refractivity contribution in [2.24, 2.45) is 0 Å². The van der Waals surface area contributed by atoms with Crippen molar-refractivity contribution in [2.45, 2.75) is 38.7 Å². The Balaban J connectivity index is 1.64. The third-order valence-electron chi connectivity index (χ3n) is 5.44. The molecule has 3 aromatic rings. The Morgan fingerprint density at radius 1 is 0.857 bits per heavy atom. The van der Waals surface area contributed by atoms with Gasteiger partial charge in [0.05, 0.1) is 0 Å². The summed E-state index contributed by atoms with van der Waals surface area (Å²) in [4.78, 5) is 13.2. The van der Waals surface area contributed by atoms with Gasteiger partial charge in [0.25, 0.3) is 0 Å². The number of rotatable bonds is 4. The highest BCUT2D eigenvalue weighted by atomic mass is 28.3. The third kappa shape index (κ3) is 3.73. The number of benzene rings is 3. The smallest absolute Gasteiger partial charge is 0.240 e. The molecule has 0 aromatic heterocycles. The van der Waals surface area contributed by atoms with Crippen LogP contribution in [0.25, 0.3) is 0 Å². The normalized spacial score (nSPS) is 16.4. The minimum absolute atomic E-state index is 0.0274. The van der Waals surface area contributed by atoms with E-state index in [0.29, 0.717) is 6.42 Å². The van der Waals surface area contributed by atoms with Crippen molar-refractivity contribution in [1.82, 2.24) is 0 Å². The Morgan fingerprint density at radius 3 is 1.96 bits per heavy atom. The van der Waals surface area contributed by atoms with Crippen LogP contribution in [0.3, 0.4) is 0 Å². The zero-order valence-corrected chi connectivity index (χ0v) is 17.8. The van der Waals surface area contributed by atoms with E-state index >= 15 is 0 Å². The van der Waals surface area contributed by atoms with E-state index in [0.717, 1.165) is 11.1 Å². The molecule has 0 N–H and O–H groups in total. The van der Waals surface area contributed by atoms with Gasteiger partial charge in [-0.05, 0) is 33.0 Å². The summed E-state index contributed by atoms with van der Waals surface area (Å²) in [6, 6.07) is 27.0. The van der Waals surface area contributed by atoms with Crippen LogP contribution in [-0.2, 0) is 16.3 Å². The lowest BCUT2D eigenvalue weighted by Gasteiger charge is -2.21. The molecule has 0 spiro atoms. The fourth-order valence-corrected chi connectivity index (χ4v) is 6.19. The first kappa shape index (κ1) is 18.9. The molecule has 142 valence electrons. The van der Waals surface area contributed by atoms with Gasteiger partial charge >= 0.3 is 0 Å². The van der Waals surface area contributed by atoms with Gasteiger partial charge in [0, 0.05) is 12.0 Å². The zero-order chi connectivity index (χ0) is 19.7.